The van der Waals surface area contributed by atoms with Gasteiger partial charge in [-0.1, -0.05) is 34.6 Å². The minimum atomic E-state index is 0.468. The zero-order valence-electron chi connectivity index (χ0n) is 7.94. The Bertz CT molecular complexity index is 89.4. The summed E-state index contributed by atoms with van der Waals surface area (Å²) in [6.07, 6.45) is 0. The van der Waals surface area contributed by atoms with E-state index in [0.717, 1.165) is 11.8 Å². The van der Waals surface area contributed by atoms with E-state index in [1.165, 1.54) is 5.28 Å². The van der Waals surface area contributed by atoms with Gasteiger partial charge in [0.05, 0.1) is 0 Å². The smallest absolute Gasteiger partial charge is 0.114 e. The molecule has 0 N–H and O–H groups in total. The Morgan fingerprint density at radius 1 is 1.20 bits per heavy atom. The molecule has 0 saturated heterocycles. The Balaban J connectivity index is 4.07. The van der Waals surface area contributed by atoms with Crippen LogP contribution < -0.4 is 0 Å². The van der Waals surface area contributed by atoms with Gasteiger partial charge in [-0.2, -0.15) is 0 Å². The molecule has 10 heavy (non-hydrogen) atoms. The minimum Gasteiger partial charge on any atom is -0.114 e. The highest BCUT2D eigenvalue weighted by molar-refractivity contribution is 6.08. The molecule has 0 amide bonds. The SMILES string of the molecule is CC(C)C([CH2][Al])C(C)(C)C. The fourth-order valence-corrected chi connectivity index (χ4v) is 2.88. The largest absolute Gasteiger partial charge is 0.118 e. The lowest BCUT2D eigenvalue weighted by molar-refractivity contribution is 0.200. The van der Waals surface area contributed by atoms with Crippen molar-refractivity contribution in [2.45, 2.75) is 39.9 Å². The van der Waals surface area contributed by atoms with E-state index in [9.17, 15) is 0 Å². The second-order valence-corrected chi connectivity index (χ2v) is 4.92. The van der Waals surface area contributed by atoms with Gasteiger partial charge in [-0.3, -0.25) is 0 Å². The normalized spacial score (nSPS) is 15.8. The van der Waals surface area contributed by atoms with Gasteiger partial charge >= 0.3 is 0 Å². The molecule has 0 aliphatic carbocycles. The van der Waals surface area contributed by atoms with Crippen LogP contribution >= 0.6 is 0 Å². The Morgan fingerprint density at radius 2 is 1.60 bits per heavy atom. The molecule has 0 nitrogen and oxygen atoms in total. The van der Waals surface area contributed by atoms with Gasteiger partial charge in [-0.25, -0.2) is 0 Å². The first-order valence-corrected chi connectivity index (χ1v) is 4.91. The van der Waals surface area contributed by atoms with E-state index in [-0.39, 0.29) is 0 Å². The molecule has 0 aliphatic heterocycles. The third-order valence-electron chi connectivity index (χ3n) is 2.17. The summed E-state index contributed by atoms with van der Waals surface area (Å²) in [4.78, 5) is 0. The minimum absolute atomic E-state index is 0.468. The summed E-state index contributed by atoms with van der Waals surface area (Å²) in [6, 6.07) is 0. The van der Waals surface area contributed by atoms with E-state index >= 15 is 0 Å². The van der Waals surface area contributed by atoms with E-state index in [1.807, 2.05) is 0 Å². The van der Waals surface area contributed by atoms with Crippen LogP contribution in [0.25, 0.3) is 0 Å². The Labute approximate surface area is 73.8 Å². The molecule has 0 saturated carbocycles. The zero-order valence-corrected chi connectivity index (χ0v) is 9.09. The third-order valence-corrected chi connectivity index (χ3v) is 2.68. The average Bonchev–Trinajstić information content (AvgIpc) is 1.60. The molecular weight excluding hydrogens is 135 g/mol. The van der Waals surface area contributed by atoms with E-state index in [2.05, 4.69) is 50.9 Å². The molecule has 0 fully saturated rings. The second kappa shape index (κ2) is 3.79. The lowest BCUT2D eigenvalue weighted by atomic mass is 9.75. The van der Waals surface area contributed by atoms with Crippen molar-refractivity contribution in [3.63, 3.8) is 0 Å². The molecule has 1 unspecified atom stereocenters. The van der Waals surface area contributed by atoms with Crippen LogP contribution in [-0.2, 0) is 0 Å². The molecule has 0 aliphatic rings. The standard InChI is InChI=1S/C9H19.Al/c1-7(2)8(3)9(4,5)6;/h7-8H,3H2,1-2,4-6H3;. The van der Waals surface area contributed by atoms with Crippen molar-refractivity contribution in [2.75, 3.05) is 0 Å². The summed E-state index contributed by atoms with van der Waals surface area (Å²) in [6.45, 7) is 11.6. The summed E-state index contributed by atoms with van der Waals surface area (Å²) in [5.41, 5.74) is 0.468. The van der Waals surface area contributed by atoms with E-state index < -0.39 is 0 Å². The fraction of sp³-hybridized carbons (Fsp3) is 1.00. The molecule has 0 rings (SSSR count). The second-order valence-electron chi connectivity index (χ2n) is 4.45. The summed E-state index contributed by atoms with van der Waals surface area (Å²) in [5.74, 6) is 1.63. The van der Waals surface area contributed by atoms with Gasteiger partial charge in [0.25, 0.3) is 0 Å². The number of rotatable bonds is 2. The summed E-state index contributed by atoms with van der Waals surface area (Å²) in [5, 5.41) is 1.22. The first kappa shape index (κ1) is 10.5. The molecular formula is C9H19Al. The van der Waals surface area contributed by atoms with Crippen molar-refractivity contribution in [1.82, 2.24) is 0 Å². The highest BCUT2D eigenvalue weighted by Crippen LogP contribution is 2.33. The van der Waals surface area contributed by atoms with Crippen LogP contribution in [0.2, 0.25) is 5.28 Å². The molecule has 0 aromatic carbocycles. The van der Waals surface area contributed by atoms with Crippen molar-refractivity contribution < 1.29 is 0 Å². The summed E-state index contributed by atoms with van der Waals surface area (Å²) in [7, 11) is 0. The van der Waals surface area contributed by atoms with Crippen molar-refractivity contribution in [2.24, 2.45) is 17.3 Å². The third kappa shape index (κ3) is 3.08. The van der Waals surface area contributed by atoms with E-state index in [0.29, 0.717) is 5.41 Å². The van der Waals surface area contributed by atoms with Crippen LogP contribution in [0.15, 0.2) is 0 Å². The van der Waals surface area contributed by atoms with E-state index in [1.54, 1.807) is 0 Å². The van der Waals surface area contributed by atoms with Gasteiger partial charge in [0.1, 0.15) is 16.3 Å². The average molecular weight is 154 g/mol. The lowest BCUT2D eigenvalue weighted by Gasteiger charge is -2.33. The van der Waals surface area contributed by atoms with Gasteiger partial charge in [-0.05, 0) is 17.3 Å². The predicted molar refractivity (Wildman–Crippen MR) is 48.3 cm³/mol. The molecule has 2 radical (unpaired) electrons. The molecule has 58 valence electrons. The molecule has 0 aromatic heterocycles. The van der Waals surface area contributed by atoms with Gasteiger partial charge < -0.3 is 0 Å². The monoisotopic (exact) mass is 154 g/mol. The fourth-order valence-electron chi connectivity index (χ4n) is 1.63. The molecule has 0 aromatic rings. The maximum absolute atomic E-state index is 2.85. The van der Waals surface area contributed by atoms with Crippen molar-refractivity contribution in [1.29, 1.82) is 0 Å². The van der Waals surface area contributed by atoms with E-state index in [4.69, 9.17) is 0 Å². The van der Waals surface area contributed by atoms with Gasteiger partial charge in [0.15, 0.2) is 0 Å². The highest BCUT2D eigenvalue weighted by Gasteiger charge is 2.24. The summed E-state index contributed by atoms with van der Waals surface area (Å²) >= 11 is 2.85. The first-order valence-electron chi connectivity index (χ1n) is 4.09. The van der Waals surface area contributed by atoms with Crippen molar-refractivity contribution >= 4 is 16.3 Å². The highest BCUT2D eigenvalue weighted by atomic mass is 27.0. The topological polar surface area (TPSA) is 0 Å². The Kier molecular flexibility index (Phi) is 3.99. The molecule has 1 atom stereocenters. The van der Waals surface area contributed by atoms with Gasteiger partial charge in [-0.15, -0.1) is 5.28 Å². The van der Waals surface area contributed by atoms with Crippen LogP contribution in [0.5, 0.6) is 0 Å². The Morgan fingerprint density at radius 3 is 1.60 bits per heavy atom. The van der Waals surface area contributed by atoms with Gasteiger partial charge in [0.2, 0.25) is 0 Å². The lowest BCUT2D eigenvalue weighted by Crippen LogP contribution is -2.24. The molecule has 0 bridgehead atoms. The maximum Gasteiger partial charge on any atom is 0.118 e. The van der Waals surface area contributed by atoms with Crippen molar-refractivity contribution in [3.8, 4) is 0 Å². The van der Waals surface area contributed by atoms with Gasteiger partial charge in [0, 0.05) is 0 Å². The van der Waals surface area contributed by atoms with Crippen LogP contribution in [0.3, 0.4) is 0 Å². The molecule has 0 spiro atoms. The zero-order chi connectivity index (χ0) is 8.36. The van der Waals surface area contributed by atoms with Crippen LogP contribution in [0, 0.1) is 17.3 Å². The summed E-state index contributed by atoms with van der Waals surface area (Å²) < 4.78 is 0. The quantitative estimate of drug-likeness (QED) is 0.536. The Hall–Kier alpha value is 0.532. The first-order chi connectivity index (χ1) is 4.39. The number of hydrogen-bond acceptors (Lipinski definition) is 0. The van der Waals surface area contributed by atoms with Crippen LogP contribution in [0.1, 0.15) is 34.6 Å². The molecule has 0 heterocycles. The van der Waals surface area contributed by atoms with Crippen LogP contribution in [-0.4, -0.2) is 16.3 Å². The predicted octanol–water partition coefficient (Wildman–Crippen LogP) is 2.89. The maximum atomic E-state index is 2.85. The number of hydrogen-bond donors (Lipinski definition) is 0. The molecule has 1 heteroatoms. The van der Waals surface area contributed by atoms with Crippen LogP contribution in [0.4, 0.5) is 0 Å². The van der Waals surface area contributed by atoms with Crippen molar-refractivity contribution in [3.05, 3.63) is 0 Å².